The van der Waals surface area contributed by atoms with Gasteiger partial charge in [-0.05, 0) is 72.1 Å². The summed E-state index contributed by atoms with van der Waals surface area (Å²) in [6, 6.07) is 17.8. The third kappa shape index (κ3) is 4.49. The van der Waals surface area contributed by atoms with Crippen molar-refractivity contribution in [2.45, 2.75) is 13.8 Å². The maximum absolute atomic E-state index is 4.34. The summed E-state index contributed by atoms with van der Waals surface area (Å²) in [7, 11) is 4.34. The van der Waals surface area contributed by atoms with Crippen molar-refractivity contribution >= 4 is 77.1 Å². The molecule has 0 aromatic carbocycles. The fourth-order valence-corrected chi connectivity index (χ4v) is 8.42. The van der Waals surface area contributed by atoms with Crippen molar-refractivity contribution in [3.8, 4) is 39.0 Å². The second-order valence-electron chi connectivity index (χ2n) is 6.41. The van der Waals surface area contributed by atoms with Gasteiger partial charge < -0.3 is 0 Å². The van der Waals surface area contributed by atoms with Crippen molar-refractivity contribution < 1.29 is 0 Å². The molecule has 0 saturated heterocycles. The van der Waals surface area contributed by atoms with Crippen LogP contribution in [0.2, 0.25) is 0 Å². The number of thiol groups is 1. The topological polar surface area (TPSA) is 12.4 Å². The van der Waals surface area contributed by atoms with Crippen LogP contribution in [-0.2, 0) is 0 Å². The maximum atomic E-state index is 4.34. The molecule has 1 radical (unpaired) electrons. The summed E-state index contributed by atoms with van der Waals surface area (Å²) in [5.74, 6) is 0. The molecular weight excluding hydrogens is 481 g/mol. The minimum absolute atomic E-state index is 1.36. The normalized spacial score (nSPS) is 10.6. The molecule has 0 N–H and O–H groups in total. The summed E-state index contributed by atoms with van der Waals surface area (Å²) >= 11 is 12.6. The van der Waals surface area contributed by atoms with Gasteiger partial charge in [0.15, 0.2) is 0 Å². The van der Waals surface area contributed by atoms with Crippen LogP contribution in [0.3, 0.4) is 0 Å². The fraction of sp³-hybridized carbons (Fsp3) is 0.0909. The van der Waals surface area contributed by atoms with Crippen molar-refractivity contribution in [2.75, 3.05) is 0 Å². The van der Waals surface area contributed by atoms with E-state index in [1.165, 1.54) is 50.1 Å². The molecule has 5 aromatic heterocycles. The average Bonchev–Trinajstić information content (AvgIpc) is 3.54. The van der Waals surface area contributed by atoms with Gasteiger partial charge in [-0.1, -0.05) is 12.1 Å². The van der Waals surface area contributed by atoms with E-state index in [1.54, 1.807) is 0 Å². The van der Waals surface area contributed by atoms with Gasteiger partial charge >= 0.3 is 24.8 Å². The van der Waals surface area contributed by atoms with Gasteiger partial charge in [0.2, 0.25) is 0 Å². The molecule has 149 valence electrons. The number of thiophene rings is 5. The van der Waals surface area contributed by atoms with Crippen molar-refractivity contribution in [2.24, 2.45) is 4.30 Å². The number of hydrogen-bond donors (Lipinski definition) is 1. The molecule has 0 fully saturated rings. The Balaban J connectivity index is 0.000000687. The molecular formula is C22H17BNS6. The van der Waals surface area contributed by atoms with Crippen molar-refractivity contribution in [1.82, 2.24) is 0 Å². The first-order valence-corrected chi connectivity index (χ1v) is 13.7. The van der Waals surface area contributed by atoms with Gasteiger partial charge in [0.1, 0.15) is 0 Å². The summed E-state index contributed by atoms with van der Waals surface area (Å²) in [6.07, 6.45) is 0. The molecule has 0 bridgehead atoms. The van der Waals surface area contributed by atoms with E-state index in [1.807, 2.05) is 56.7 Å². The van der Waals surface area contributed by atoms with E-state index in [9.17, 15) is 0 Å². The first-order valence-electron chi connectivity index (χ1n) is 9.04. The quantitative estimate of drug-likeness (QED) is 0.187. The molecule has 1 nitrogen and oxygen atoms in total. The molecule has 0 unspecified atom stereocenters. The molecule has 5 heterocycles. The van der Waals surface area contributed by atoms with E-state index in [0.29, 0.717) is 0 Å². The minimum atomic E-state index is 1.36. The van der Waals surface area contributed by atoms with Crippen LogP contribution in [0.15, 0.2) is 63.6 Å². The Hall–Kier alpha value is -1.29. The number of rotatable bonds is 4. The monoisotopic (exact) mass is 498 g/mol. The second-order valence-corrected chi connectivity index (χ2v) is 11.7. The van der Waals surface area contributed by atoms with Gasteiger partial charge in [-0.15, -0.1) is 56.7 Å². The molecule has 5 rings (SSSR count). The van der Waals surface area contributed by atoms with Crippen LogP contribution in [-0.4, -0.2) is 7.64 Å². The molecule has 0 aliphatic heterocycles. The summed E-state index contributed by atoms with van der Waals surface area (Å²) in [5, 5.41) is 4.30. The predicted molar refractivity (Wildman–Crippen MR) is 144 cm³/mol. The van der Waals surface area contributed by atoms with Crippen LogP contribution in [0.4, 0.5) is 0 Å². The Bertz CT molecular complexity index is 1150. The summed E-state index contributed by atoms with van der Waals surface area (Å²) in [5.41, 5.74) is 2.83. The van der Waals surface area contributed by atoms with E-state index in [2.05, 4.69) is 97.9 Å². The third-order valence-electron chi connectivity index (χ3n) is 4.64. The van der Waals surface area contributed by atoms with E-state index >= 15 is 0 Å². The SMILES string of the molecule is Cc1c(-c2ccc(-c3cccs3)s2)sc(-c2ccc(-c3cccs3)s2)c1C.[B]=NS. The van der Waals surface area contributed by atoms with Crippen molar-refractivity contribution in [3.05, 3.63) is 70.4 Å². The van der Waals surface area contributed by atoms with Gasteiger partial charge in [0.05, 0.1) is 0 Å². The zero-order valence-corrected chi connectivity index (χ0v) is 21.3. The summed E-state index contributed by atoms with van der Waals surface area (Å²) < 4.78 is 2.69. The van der Waals surface area contributed by atoms with E-state index in [-0.39, 0.29) is 0 Å². The number of hydrogen-bond acceptors (Lipinski definition) is 7. The first kappa shape index (κ1) is 21.9. The third-order valence-corrected chi connectivity index (χ3v) is 10.7. The van der Waals surface area contributed by atoms with Crippen LogP contribution >= 0.6 is 69.5 Å². The van der Waals surface area contributed by atoms with E-state index in [4.69, 9.17) is 0 Å². The molecule has 30 heavy (non-hydrogen) atoms. The van der Waals surface area contributed by atoms with Gasteiger partial charge in [0, 0.05) is 39.0 Å². The fourth-order valence-electron chi connectivity index (χ4n) is 3.09. The van der Waals surface area contributed by atoms with Gasteiger partial charge in [-0.2, -0.15) is 0 Å². The Morgan fingerprint density at radius 3 is 1.40 bits per heavy atom. The van der Waals surface area contributed by atoms with Gasteiger partial charge in [0.25, 0.3) is 0 Å². The Morgan fingerprint density at radius 1 is 0.633 bits per heavy atom. The zero-order chi connectivity index (χ0) is 21.1. The van der Waals surface area contributed by atoms with E-state index < -0.39 is 0 Å². The average molecular weight is 499 g/mol. The summed E-state index contributed by atoms with van der Waals surface area (Å²) in [6.45, 7) is 4.53. The Labute approximate surface area is 203 Å². The molecule has 5 aromatic rings. The molecule has 0 amide bonds. The van der Waals surface area contributed by atoms with Crippen LogP contribution in [0.25, 0.3) is 39.0 Å². The summed E-state index contributed by atoms with van der Waals surface area (Å²) in [4.78, 5) is 11.0. The molecule has 8 heteroatoms. The van der Waals surface area contributed by atoms with Crippen LogP contribution in [0.5, 0.6) is 0 Å². The van der Waals surface area contributed by atoms with Crippen LogP contribution in [0.1, 0.15) is 11.1 Å². The van der Waals surface area contributed by atoms with Gasteiger partial charge in [-0.3, -0.25) is 0 Å². The van der Waals surface area contributed by atoms with Gasteiger partial charge in [-0.25, -0.2) is 0 Å². The molecule has 0 saturated carbocycles. The Morgan fingerprint density at radius 2 is 1.03 bits per heavy atom. The zero-order valence-electron chi connectivity index (χ0n) is 16.3. The Kier molecular flexibility index (Phi) is 7.23. The first-order chi connectivity index (χ1) is 14.6. The van der Waals surface area contributed by atoms with Crippen LogP contribution < -0.4 is 0 Å². The molecule has 0 aliphatic rings. The predicted octanol–water partition coefficient (Wildman–Crippen LogP) is 9.46. The van der Waals surface area contributed by atoms with Crippen molar-refractivity contribution in [1.29, 1.82) is 0 Å². The van der Waals surface area contributed by atoms with Crippen LogP contribution in [0, 0.1) is 13.8 Å². The molecule has 0 atom stereocenters. The molecule has 0 spiro atoms. The molecule has 0 aliphatic carbocycles. The standard InChI is InChI=1S/C22H16S5.BHNS/c1-13-14(2)22(20-10-8-18(26-20)16-6-4-12-24-16)27-21(13)19-9-7-17(25-19)15-5-3-11-23-15;1-2-3/h3-12H,1-2H3;3H. The number of nitrogens with zero attached hydrogens (tertiary/aromatic N) is 1. The second kappa shape index (κ2) is 9.89. The van der Waals surface area contributed by atoms with E-state index in [0.717, 1.165) is 0 Å². The van der Waals surface area contributed by atoms with Crippen molar-refractivity contribution in [3.63, 3.8) is 0 Å².